The fraction of sp³-hybridized carbons (Fsp3) is 0.500. The van der Waals surface area contributed by atoms with Gasteiger partial charge in [-0.2, -0.15) is 3.84 Å². The van der Waals surface area contributed by atoms with Gasteiger partial charge in [0.15, 0.2) is 0 Å². The Morgan fingerprint density at radius 3 is 1.67 bits per heavy atom. The lowest BCUT2D eigenvalue weighted by Gasteiger charge is -1.46. The second-order valence-corrected chi connectivity index (χ2v) is 0.761. The molecule has 0 spiro atoms. The minimum absolute atomic E-state index is 0.750. The first-order chi connectivity index (χ1) is 2.83. The maximum atomic E-state index is 8.81. The zero-order valence-corrected chi connectivity index (χ0v) is 4.66. The van der Waals surface area contributed by atoms with Crippen LogP contribution in [0.4, 0.5) is 0 Å². The highest BCUT2D eigenvalue weighted by atomic mass is 35.6. The number of hydrogen-bond donors (Lipinski definition) is 0. The molecule has 0 rings (SSSR count). The van der Waals surface area contributed by atoms with Crippen molar-refractivity contribution < 1.29 is 8.64 Å². The molecular formula is C2H4Cl2O2. The van der Waals surface area contributed by atoms with Crippen LogP contribution in [0.25, 0.3) is 0 Å². The Morgan fingerprint density at radius 2 is 1.67 bits per heavy atom. The quantitative estimate of drug-likeness (QED) is 0.465. The molecule has 0 aromatic heterocycles. The summed E-state index contributed by atoms with van der Waals surface area (Å²) >= 11 is 8.53. The van der Waals surface area contributed by atoms with Gasteiger partial charge in [-0.25, -0.2) is 0 Å². The molecule has 0 amide bonds. The third-order valence-corrected chi connectivity index (χ3v) is 0. The van der Waals surface area contributed by atoms with Gasteiger partial charge in [-0.05, 0) is 6.92 Å². The van der Waals surface area contributed by atoms with Crippen LogP contribution in [0.3, 0.4) is 0 Å². The summed E-state index contributed by atoms with van der Waals surface area (Å²) in [6.45, 7) is 1.44. The van der Waals surface area contributed by atoms with E-state index < -0.39 is 0 Å². The predicted molar refractivity (Wildman–Crippen MR) is 24.5 cm³/mol. The first-order valence-corrected chi connectivity index (χ1v) is 1.74. The van der Waals surface area contributed by atoms with E-state index in [1.54, 1.807) is 0 Å². The lowest BCUT2D eigenvalue weighted by atomic mass is 11.0. The molecule has 2 nitrogen and oxygen atoms in total. The van der Waals surface area contributed by atoms with Crippen LogP contribution < -0.4 is 0 Å². The summed E-state index contributed by atoms with van der Waals surface area (Å²) in [6, 6.07) is 0. The van der Waals surface area contributed by atoms with Crippen LogP contribution in [-0.4, -0.2) is 6.29 Å². The topological polar surface area (TPSA) is 26.3 Å². The van der Waals surface area contributed by atoms with E-state index in [1.165, 1.54) is 6.92 Å². The molecule has 38 valence electrons. The number of halogens is 2. The van der Waals surface area contributed by atoms with Gasteiger partial charge in [0.1, 0.15) is 6.29 Å². The van der Waals surface area contributed by atoms with Gasteiger partial charge < -0.3 is 4.79 Å². The summed E-state index contributed by atoms with van der Waals surface area (Å²) in [5.74, 6) is 0. The van der Waals surface area contributed by atoms with Gasteiger partial charge in [0.25, 0.3) is 0 Å². The van der Waals surface area contributed by atoms with Crippen molar-refractivity contribution in [2.75, 3.05) is 0 Å². The van der Waals surface area contributed by atoms with E-state index in [0.717, 1.165) is 6.29 Å². The summed E-state index contributed by atoms with van der Waals surface area (Å²) in [7, 11) is 0. The van der Waals surface area contributed by atoms with Crippen molar-refractivity contribution in [2.24, 2.45) is 0 Å². The fourth-order valence-electron chi connectivity index (χ4n) is 0. The van der Waals surface area contributed by atoms with Gasteiger partial charge in [-0.3, -0.25) is 0 Å². The third kappa shape index (κ3) is 984. The lowest BCUT2D eigenvalue weighted by molar-refractivity contribution is -0.106. The van der Waals surface area contributed by atoms with Crippen LogP contribution in [0.5, 0.6) is 0 Å². The first-order valence-electron chi connectivity index (χ1n) is 1.12. The number of hydrogen-bond acceptors (Lipinski definition) is 2. The van der Waals surface area contributed by atoms with Gasteiger partial charge in [0.05, 0.1) is 23.7 Å². The van der Waals surface area contributed by atoms with Crippen LogP contribution in [0.15, 0.2) is 0 Å². The molecule has 0 aromatic carbocycles. The molecule has 0 unspecified atom stereocenters. The van der Waals surface area contributed by atoms with Crippen molar-refractivity contribution in [2.45, 2.75) is 6.92 Å². The van der Waals surface area contributed by atoms with Crippen molar-refractivity contribution in [3.63, 3.8) is 0 Å². The standard InChI is InChI=1S/C2H4O.Cl2O/c1-2-3;1-3-2/h2H,1H3;. The van der Waals surface area contributed by atoms with Crippen LogP contribution in [-0.2, 0) is 8.64 Å². The van der Waals surface area contributed by atoms with Gasteiger partial charge in [0.2, 0.25) is 0 Å². The van der Waals surface area contributed by atoms with E-state index in [-0.39, 0.29) is 0 Å². The van der Waals surface area contributed by atoms with E-state index in [4.69, 9.17) is 4.79 Å². The summed E-state index contributed by atoms with van der Waals surface area (Å²) in [5, 5.41) is 0. The van der Waals surface area contributed by atoms with Gasteiger partial charge in [-0.1, -0.05) is 0 Å². The normalized spacial score (nSPS) is 5.17. The monoisotopic (exact) mass is 130 g/mol. The highest BCUT2D eigenvalue weighted by Gasteiger charge is 1.38. The molecule has 0 radical (unpaired) electrons. The van der Waals surface area contributed by atoms with E-state index in [1.807, 2.05) is 0 Å². The van der Waals surface area contributed by atoms with Crippen LogP contribution in [0.1, 0.15) is 6.92 Å². The highest BCUT2D eigenvalue weighted by Crippen LogP contribution is 1.78. The number of carbonyl (C=O) groups is 1. The zero-order chi connectivity index (χ0) is 5.41. The molecule has 4 heteroatoms. The molecule has 0 saturated carbocycles. The lowest BCUT2D eigenvalue weighted by Crippen LogP contribution is -1.36. The molecule has 0 saturated heterocycles. The number of rotatable bonds is 0. The molecule has 0 aromatic rings. The van der Waals surface area contributed by atoms with Crippen molar-refractivity contribution in [3.8, 4) is 0 Å². The number of aldehydes is 1. The second-order valence-electron chi connectivity index (χ2n) is 0.294. The Morgan fingerprint density at radius 1 is 1.67 bits per heavy atom. The molecule has 0 fully saturated rings. The largest absolute Gasteiger partial charge is 0.304 e. The third-order valence-electron chi connectivity index (χ3n) is 0. The molecule has 0 bridgehead atoms. The average Bonchev–Trinajstić information content (AvgIpc) is 1.39. The van der Waals surface area contributed by atoms with Crippen molar-refractivity contribution in [1.29, 1.82) is 0 Å². The second kappa shape index (κ2) is 18.9. The molecule has 6 heavy (non-hydrogen) atoms. The minimum atomic E-state index is 0.750. The minimum Gasteiger partial charge on any atom is -0.304 e. The summed E-state index contributed by atoms with van der Waals surface area (Å²) in [4.78, 5) is 8.81. The Labute approximate surface area is 46.3 Å². The molecule has 0 heterocycles. The Kier molecular flexibility index (Phi) is 30.0. The maximum absolute atomic E-state index is 8.81. The molecule has 0 N–H and O–H groups in total. The highest BCUT2D eigenvalue weighted by molar-refractivity contribution is 6.24. The SMILES string of the molecule is CC=O.ClOCl. The summed E-state index contributed by atoms with van der Waals surface area (Å²) < 4.78 is 3.19. The van der Waals surface area contributed by atoms with E-state index in [2.05, 4.69) is 27.6 Å². The van der Waals surface area contributed by atoms with Gasteiger partial charge in [0, 0.05) is 0 Å². The molecule has 0 aliphatic heterocycles. The van der Waals surface area contributed by atoms with E-state index in [9.17, 15) is 0 Å². The zero-order valence-electron chi connectivity index (χ0n) is 3.15. The molecule has 0 aliphatic carbocycles. The fourth-order valence-corrected chi connectivity index (χ4v) is 0. The van der Waals surface area contributed by atoms with E-state index in [0.29, 0.717) is 0 Å². The smallest absolute Gasteiger partial charge is 0.116 e. The predicted octanol–water partition coefficient (Wildman–Crippen LogP) is 1.52. The number of carbonyl (C=O) groups excluding carboxylic acids is 1. The van der Waals surface area contributed by atoms with Crippen LogP contribution in [0.2, 0.25) is 0 Å². The summed E-state index contributed by atoms with van der Waals surface area (Å²) in [6.07, 6.45) is 0.750. The van der Waals surface area contributed by atoms with Crippen molar-refractivity contribution >= 4 is 30.0 Å². The Bertz CT molecular complexity index is 23.5. The van der Waals surface area contributed by atoms with Crippen molar-refractivity contribution in [1.82, 2.24) is 0 Å². The molecule has 0 aliphatic rings. The van der Waals surface area contributed by atoms with Crippen LogP contribution >= 0.6 is 23.7 Å². The Balaban J connectivity index is 0. The van der Waals surface area contributed by atoms with E-state index >= 15 is 0 Å². The van der Waals surface area contributed by atoms with Crippen LogP contribution in [0, 0.1) is 0 Å². The molecular weight excluding hydrogens is 127 g/mol. The van der Waals surface area contributed by atoms with Gasteiger partial charge >= 0.3 is 0 Å². The first kappa shape index (κ1) is 9.51. The maximum Gasteiger partial charge on any atom is 0.116 e. The summed E-state index contributed by atoms with van der Waals surface area (Å²) in [5.41, 5.74) is 0. The van der Waals surface area contributed by atoms with Crippen molar-refractivity contribution in [3.05, 3.63) is 0 Å². The average molecular weight is 131 g/mol. The molecule has 0 atom stereocenters. The Hall–Kier alpha value is 0.210. The van der Waals surface area contributed by atoms with Gasteiger partial charge in [-0.15, -0.1) is 0 Å².